The monoisotopic (exact) mass is 152 g/mol. The molecule has 62 valence electrons. The molecular weight excluding hydrogens is 136 g/mol. The van der Waals surface area contributed by atoms with Crippen LogP contribution in [0.15, 0.2) is 0 Å². The van der Waals surface area contributed by atoms with E-state index in [1.165, 1.54) is 19.3 Å². The topological polar surface area (TPSA) is 20.2 Å². The minimum Gasteiger partial charge on any atom is -0.393 e. The van der Waals surface area contributed by atoms with Gasteiger partial charge in [0.05, 0.1) is 6.10 Å². The van der Waals surface area contributed by atoms with Gasteiger partial charge in [-0.25, -0.2) is 0 Å². The van der Waals surface area contributed by atoms with Gasteiger partial charge in [-0.15, -0.1) is 0 Å². The third-order valence-corrected chi connectivity index (χ3v) is 4.60. The maximum Gasteiger partial charge on any atom is 0.0602 e. The molecule has 3 aliphatic carbocycles. The molecule has 0 aliphatic heterocycles. The molecular formula is C10H16O. The highest BCUT2D eigenvalue weighted by molar-refractivity contribution is 5.19. The first kappa shape index (κ1) is 6.47. The van der Waals surface area contributed by atoms with E-state index in [4.69, 9.17) is 0 Å². The van der Waals surface area contributed by atoms with Gasteiger partial charge < -0.3 is 5.11 Å². The lowest BCUT2D eigenvalue weighted by atomic mass is 9.87. The predicted molar refractivity (Wildman–Crippen MR) is 43.1 cm³/mol. The molecule has 0 aromatic heterocycles. The first-order valence-electron chi connectivity index (χ1n) is 4.93. The van der Waals surface area contributed by atoms with Crippen molar-refractivity contribution in [3.63, 3.8) is 0 Å². The largest absolute Gasteiger partial charge is 0.393 e. The molecule has 0 bridgehead atoms. The Kier molecular flexibility index (Phi) is 0.976. The van der Waals surface area contributed by atoms with Crippen molar-refractivity contribution in [2.24, 2.45) is 23.2 Å². The second-order valence-corrected chi connectivity index (χ2v) is 4.93. The highest BCUT2D eigenvalue weighted by Gasteiger charge is 2.70. The average Bonchev–Trinajstić information content (AvgIpc) is 2.44. The Morgan fingerprint density at radius 3 is 2.91 bits per heavy atom. The van der Waals surface area contributed by atoms with Gasteiger partial charge >= 0.3 is 0 Å². The Morgan fingerprint density at radius 2 is 2.18 bits per heavy atom. The van der Waals surface area contributed by atoms with E-state index in [1.54, 1.807) is 0 Å². The molecule has 0 aromatic rings. The van der Waals surface area contributed by atoms with Crippen LogP contribution in [0.2, 0.25) is 0 Å². The zero-order valence-corrected chi connectivity index (χ0v) is 7.09. The van der Waals surface area contributed by atoms with Crippen LogP contribution in [0.4, 0.5) is 0 Å². The third-order valence-electron chi connectivity index (χ3n) is 4.60. The number of aliphatic hydroxyl groups is 1. The SMILES string of the molecule is CC1C[C@H]2CC23C(O)CC[C@H]13. The Labute approximate surface area is 67.8 Å². The molecule has 5 atom stereocenters. The minimum atomic E-state index is 0.0717. The maximum absolute atomic E-state index is 9.82. The quantitative estimate of drug-likeness (QED) is 0.561. The van der Waals surface area contributed by atoms with Crippen LogP contribution >= 0.6 is 0 Å². The van der Waals surface area contributed by atoms with Crippen molar-refractivity contribution in [2.45, 2.75) is 38.7 Å². The Hall–Kier alpha value is -0.0400. The summed E-state index contributed by atoms with van der Waals surface area (Å²) in [5.74, 6) is 2.72. The number of rotatable bonds is 0. The fraction of sp³-hybridized carbons (Fsp3) is 1.00. The second kappa shape index (κ2) is 1.66. The van der Waals surface area contributed by atoms with Gasteiger partial charge in [-0.2, -0.15) is 0 Å². The number of hydrogen-bond donors (Lipinski definition) is 1. The van der Waals surface area contributed by atoms with Crippen LogP contribution in [0.25, 0.3) is 0 Å². The highest BCUT2D eigenvalue weighted by atomic mass is 16.3. The van der Waals surface area contributed by atoms with E-state index in [0.717, 1.165) is 24.2 Å². The van der Waals surface area contributed by atoms with Gasteiger partial charge in [-0.3, -0.25) is 0 Å². The van der Waals surface area contributed by atoms with Crippen molar-refractivity contribution < 1.29 is 5.11 Å². The minimum absolute atomic E-state index is 0.0717. The molecule has 3 unspecified atom stereocenters. The molecule has 1 heteroatoms. The van der Waals surface area contributed by atoms with Gasteiger partial charge in [0.1, 0.15) is 0 Å². The lowest BCUT2D eigenvalue weighted by molar-refractivity contribution is 0.0982. The van der Waals surface area contributed by atoms with Crippen LogP contribution in [-0.4, -0.2) is 11.2 Å². The summed E-state index contributed by atoms with van der Waals surface area (Å²) in [6, 6.07) is 0. The van der Waals surface area contributed by atoms with Gasteiger partial charge in [0, 0.05) is 5.41 Å². The van der Waals surface area contributed by atoms with E-state index in [-0.39, 0.29) is 6.10 Å². The number of hydrogen-bond acceptors (Lipinski definition) is 1. The van der Waals surface area contributed by atoms with Crippen molar-refractivity contribution in [3.05, 3.63) is 0 Å². The van der Waals surface area contributed by atoms with Crippen LogP contribution in [-0.2, 0) is 0 Å². The van der Waals surface area contributed by atoms with Gasteiger partial charge in [0.25, 0.3) is 0 Å². The highest BCUT2D eigenvalue weighted by Crippen LogP contribution is 2.74. The van der Waals surface area contributed by atoms with Crippen molar-refractivity contribution in [1.82, 2.24) is 0 Å². The van der Waals surface area contributed by atoms with Crippen LogP contribution in [0.5, 0.6) is 0 Å². The molecule has 3 fully saturated rings. The van der Waals surface area contributed by atoms with Gasteiger partial charge in [0.2, 0.25) is 0 Å². The van der Waals surface area contributed by atoms with E-state index >= 15 is 0 Å². The molecule has 0 heterocycles. The molecule has 1 spiro atoms. The normalized spacial score (nSPS) is 66.0. The van der Waals surface area contributed by atoms with E-state index in [2.05, 4.69) is 6.92 Å². The summed E-state index contributed by atoms with van der Waals surface area (Å²) >= 11 is 0. The van der Waals surface area contributed by atoms with E-state index in [0.29, 0.717) is 5.41 Å². The fourth-order valence-electron chi connectivity index (χ4n) is 4.08. The molecule has 0 saturated heterocycles. The standard InChI is InChI=1S/C10H16O/c1-6-4-7-5-10(7)8(6)2-3-9(10)11/h6-9,11H,2-5H2,1H3/t6?,7-,8+,9?,10?/m0/s1. The summed E-state index contributed by atoms with van der Waals surface area (Å²) in [5.41, 5.74) is 0.458. The zero-order chi connectivity index (χ0) is 7.64. The summed E-state index contributed by atoms with van der Waals surface area (Å²) in [4.78, 5) is 0. The van der Waals surface area contributed by atoms with E-state index < -0.39 is 0 Å². The van der Waals surface area contributed by atoms with Gasteiger partial charge in [0.15, 0.2) is 0 Å². The van der Waals surface area contributed by atoms with Crippen LogP contribution in [0.1, 0.15) is 32.6 Å². The summed E-state index contributed by atoms with van der Waals surface area (Å²) in [6.45, 7) is 2.37. The van der Waals surface area contributed by atoms with E-state index in [1.807, 2.05) is 0 Å². The molecule has 0 aromatic carbocycles. The van der Waals surface area contributed by atoms with Gasteiger partial charge in [-0.1, -0.05) is 6.92 Å². The van der Waals surface area contributed by atoms with Crippen molar-refractivity contribution in [3.8, 4) is 0 Å². The Morgan fingerprint density at radius 1 is 1.36 bits per heavy atom. The summed E-state index contributed by atoms with van der Waals surface area (Å²) in [7, 11) is 0. The Bertz CT molecular complexity index is 201. The Balaban J connectivity index is 1.98. The average molecular weight is 152 g/mol. The first-order chi connectivity index (χ1) is 5.25. The van der Waals surface area contributed by atoms with Crippen LogP contribution in [0, 0.1) is 23.2 Å². The summed E-state index contributed by atoms with van der Waals surface area (Å²) < 4.78 is 0. The molecule has 0 radical (unpaired) electrons. The summed E-state index contributed by atoms with van der Waals surface area (Å²) in [5, 5.41) is 9.82. The van der Waals surface area contributed by atoms with Crippen molar-refractivity contribution >= 4 is 0 Å². The van der Waals surface area contributed by atoms with E-state index in [9.17, 15) is 5.11 Å². The molecule has 3 aliphatic rings. The van der Waals surface area contributed by atoms with Crippen molar-refractivity contribution in [1.29, 1.82) is 0 Å². The smallest absolute Gasteiger partial charge is 0.0602 e. The molecule has 1 N–H and O–H groups in total. The van der Waals surface area contributed by atoms with Crippen molar-refractivity contribution in [2.75, 3.05) is 0 Å². The first-order valence-corrected chi connectivity index (χ1v) is 4.93. The second-order valence-electron chi connectivity index (χ2n) is 4.93. The number of aliphatic hydroxyl groups excluding tert-OH is 1. The van der Waals surface area contributed by atoms with Crippen LogP contribution < -0.4 is 0 Å². The lowest BCUT2D eigenvalue weighted by Crippen LogP contribution is -2.21. The lowest BCUT2D eigenvalue weighted by Gasteiger charge is -2.20. The zero-order valence-electron chi connectivity index (χ0n) is 7.09. The molecule has 1 nitrogen and oxygen atoms in total. The maximum atomic E-state index is 9.82. The molecule has 0 amide bonds. The molecule has 3 rings (SSSR count). The molecule has 3 saturated carbocycles. The van der Waals surface area contributed by atoms with Gasteiger partial charge in [-0.05, 0) is 43.4 Å². The third kappa shape index (κ3) is 0.547. The summed E-state index contributed by atoms with van der Waals surface area (Å²) in [6.07, 6.45) is 5.22. The molecule has 11 heavy (non-hydrogen) atoms. The predicted octanol–water partition coefficient (Wildman–Crippen LogP) is 1.80. The van der Waals surface area contributed by atoms with Crippen LogP contribution in [0.3, 0.4) is 0 Å². The fourth-order valence-corrected chi connectivity index (χ4v) is 4.08.